The van der Waals surface area contributed by atoms with Crippen molar-refractivity contribution in [3.05, 3.63) is 46.6 Å². The summed E-state index contributed by atoms with van der Waals surface area (Å²) in [7, 11) is 0. The highest BCUT2D eigenvalue weighted by Crippen LogP contribution is 2.14. The van der Waals surface area contributed by atoms with E-state index in [4.69, 9.17) is 23.1 Å². The lowest BCUT2D eigenvalue weighted by Gasteiger charge is -1.98. The molecule has 4 N–H and O–H groups in total. The fraction of sp³-hybridized carbons (Fsp3) is 0. The second-order valence-corrected chi connectivity index (χ2v) is 3.90. The Morgan fingerprint density at radius 2 is 1.88 bits per heavy atom. The molecule has 1 aromatic carbocycles. The van der Waals surface area contributed by atoms with Crippen molar-refractivity contribution in [3.63, 3.8) is 0 Å². The van der Waals surface area contributed by atoms with Gasteiger partial charge < -0.3 is 11.5 Å². The maximum absolute atomic E-state index is 5.88. The first-order valence-electron chi connectivity index (χ1n) is 4.97. The number of hydrogen-bond acceptors (Lipinski definition) is 4. The fourth-order valence-corrected chi connectivity index (χ4v) is 1.58. The van der Waals surface area contributed by atoms with Crippen LogP contribution >= 0.6 is 11.6 Å². The molecule has 4 nitrogen and oxygen atoms in total. The van der Waals surface area contributed by atoms with Gasteiger partial charge in [-0.2, -0.15) is 4.98 Å². The molecular weight excluding hydrogens is 236 g/mol. The predicted molar refractivity (Wildman–Crippen MR) is 71.2 cm³/mol. The molecule has 0 atom stereocenters. The molecule has 1 aromatic heterocycles. The highest BCUT2D eigenvalue weighted by Gasteiger charge is 1.96. The van der Waals surface area contributed by atoms with Crippen LogP contribution in [0.2, 0.25) is 5.02 Å². The van der Waals surface area contributed by atoms with Gasteiger partial charge in [0.1, 0.15) is 5.82 Å². The number of aromatic nitrogens is 2. The van der Waals surface area contributed by atoms with E-state index in [2.05, 4.69) is 9.97 Å². The van der Waals surface area contributed by atoms with E-state index in [1.165, 1.54) is 0 Å². The van der Waals surface area contributed by atoms with Crippen LogP contribution in [0.3, 0.4) is 0 Å². The molecule has 5 heteroatoms. The summed E-state index contributed by atoms with van der Waals surface area (Å²) in [4.78, 5) is 7.83. The Morgan fingerprint density at radius 1 is 1.06 bits per heavy atom. The summed E-state index contributed by atoms with van der Waals surface area (Å²) < 4.78 is 0. The summed E-state index contributed by atoms with van der Waals surface area (Å²) in [5, 5.41) is 0.689. The van der Waals surface area contributed by atoms with E-state index in [1.807, 2.05) is 30.3 Å². The van der Waals surface area contributed by atoms with Gasteiger partial charge in [-0.3, -0.25) is 0 Å². The van der Waals surface area contributed by atoms with Gasteiger partial charge in [0.15, 0.2) is 0 Å². The SMILES string of the molecule is Nc1cc(C=Cc2cccc(Cl)c2)nc(N)n1. The Morgan fingerprint density at radius 3 is 2.59 bits per heavy atom. The number of benzene rings is 1. The number of halogens is 1. The Balaban J connectivity index is 2.25. The molecule has 2 aromatic rings. The van der Waals surface area contributed by atoms with Crippen molar-refractivity contribution in [1.82, 2.24) is 9.97 Å². The van der Waals surface area contributed by atoms with E-state index in [-0.39, 0.29) is 5.95 Å². The highest BCUT2D eigenvalue weighted by atomic mass is 35.5. The van der Waals surface area contributed by atoms with Gasteiger partial charge in [0.05, 0.1) is 5.69 Å². The summed E-state index contributed by atoms with van der Waals surface area (Å²) in [6.07, 6.45) is 3.69. The molecule has 2 rings (SSSR count). The minimum atomic E-state index is 0.163. The largest absolute Gasteiger partial charge is 0.384 e. The zero-order valence-electron chi connectivity index (χ0n) is 8.97. The molecule has 0 fully saturated rings. The smallest absolute Gasteiger partial charge is 0.222 e. The van der Waals surface area contributed by atoms with Crippen LogP contribution in [0.15, 0.2) is 30.3 Å². The van der Waals surface area contributed by atoms with Crippen LogP contribution in [-0.2, 0) is 0 Å². The Kier molecular flexibility index (Phi) is 3.25. The fourth-order valence-electron chi connectivity index (χ4n) is 1.38. The minimum absolute atomic E-state index is 0.163. The molecule has 0 amide bonds. The van der Waals surface area contributed by atoms with Crippen molar-refractivity contribution >= 4 is 35.5 Å². The highest BCUT2D eigenvalue weighted by molar-refractivity contribution is 6.30. The third kappa shape index (κ3) is 3.19. The van der Waals surface area contributed by atoms with Crippen molar-refractivity contribution in [2.24, 2.45) is 0 Å². The number of hydrogen-bond donors (Lipinski definition) is 2. The quantitative estimate of drug-likeness (QED) is 0.853. The van der Waals surface area contributed by atoms with Gasteiger partial charge in [-0.1, -0.05) is 29.8 Å². The van der Waals surface area contributed by atoms with E-state index in [0.29, 0.717) is 16.5 Å². The number of rotatable bonds is 2. The van der Waals surface area contributed by atoms with Gasteiger partial charge in [0.2, 0.25) is 5.95 Å². The molecule has 0 aliphatic heterocycles. The lowest BCUT2D eigenvalue weighted by molar-refractivity contribution is 1.18. The molecular formula is C12H11ClN4. The van der Waals surface area contributed by atoms with E-state index in [9.17, 15) is 0 Å². The molecule has 0 saturated heterocycles. The Labute approximate surface area is 104 Å². The predicted octanol–water partition coefficient (Wildman–Crippen LogP) is 2.46. The van der Waals surface area contributed by atoms with Crippen LogP contribution in [0.5, 0.6) is 0 Å². The van der Waals surface area contributed by atoms with E-state index in [0.717, 1.165) is 5.56 Å². The molecule has 0 bridgehead atoms. The first-order chi connectivity index (χ1) is 8.13. The number of nitrogen functional groups attached to an aromatic ring is 2. The first-order valence-corrected chi connectivity index (χ1v) is 5.35. The number of nitrogens with two attached hydrogens (primary N) is 2. The van der Waals surface area contributed by atoms with Gasteiger partial charge in [-0.15, -0.1) is 0 Å². The monoisotopic (exact) mass is 246 g/mol. The van der Waals surface area contributed by atoms with E-state index in [1.54, 1.807) is 12.1 Å². The van der Waals surface area contributed by atoms with Crippen molar-refractivity contribution in [3.8, 4) is 0 Å². The molecule has 0 radical (unpaired) electrons. The van der Waals surface area contributed by atoms with Crippen molar-refractivity contribution in [2.45, 2.75) is 0 Å². The zero-order valence-corrected chi connectivity index (χ0v) is 9.72. The average Bonchev–Trinajstić information content (AvgIpc) is 2.25. The van der Waals surface area contributed by atoms with Crippen LogP contribution in [-0.4, -0.2) is 9.97 Å². The van der Waals surface area contributed by atoms with Crippen molar-refractivity contribution < 1.29 is 0 Å². The lowest BCUT2D eigenvalue weighted by Crippen LogP contribution is -2.00. The average molecular weight is 247 g/mol. The number of nitrogens with zero attached hydrogens (tertiary/aromatic N) is 2. The molecule has 0 spiro atoms. The van der Waals surface area contributed by atoms with Crippen LogP contribution < -0.4 is 11.5 Å². The third-order valence-electron chi connectivity index (χ3n) is 2.08. The topological polar surface area (TPSA) is 77.8 Å². The van der Waals surface area contributed by atoms with Gasteiger partial charge >= 0.3 is 0 Å². The summed E-state index contributed by atoms with van der Waals surface area (Å²) in [5.41, 5.74) is 12.7. The number of anilines is 2. The molecule has 0 saturated carbocycles. The van der Waals surface area contributed by atoms with Crippen LogP contribution in [0.1, 0.15) is 11.3 Å². The van der Waals surface area contributed by atoms with E-state index < -0.39 is 0 Å². The summed E-state index contributed by atoms with van der Waals surface area (Å²) in [5.74, 6) is 0.513. The standard InChI is InChI=1S/C12H11ClN4/c13-9-3-1-2-8(6-9)4-5-10-7-11(14)17-12(15)16-10/h1-7H,(H4,14,15,16,17). The Bertz CT molecular complexity index is 546. The molecule has 0 unspecified atom stereocenters. The molecule has 17 heavy (non-hydrogen) atoms. The second kappa shape index (κ2) is 4.84. The van der Waals surface area contributed by atoms with Gasteiger partial charge in [-0.05, 0) is 23.8 Å². The molecule has 86 valence electrons. The second-order valence-electron chi connectivity index (χ2n) is 3.46. The third-order valence-corrected chi connectivity index (χ3v) is 2.31. The summed E-state index contributed by atoms with van der Waals surface area (Å²) in [6, 6.07) is 9.14. The molecule has 0 aliphatic carbocycles. The lowest BCUT2D eigenvalue weighted by atomic mass is 10.2. The van der Waals surface area contributed by atoms with Gasteiger partial charge in [0, 0.05) is 11.1 Å². The summed E-state index contributed by atoms with van der Waals surface area (Å²) >= 11 is 5.88. The zero-order chi connectivity index (χ0) is 12.3. The maximum atomic E-state index is 5.88. The van der Waals surface area contributed by atoms with Gasteiger partial charge in [0.25, 0.3) is 0 Å². The molecule has 0 aliphatic rings. The molecule has 1 heterocycles. The van der Waals surface area contributed by atoms with Crippen LogP contribution in [0.25, 0.3) is 12.2 Å². The van der Waals surface area contributed by atoms with Crippen molar-refractivity contribution in [2.75, 3.05) is 11.5 Å². The van der Waals surface area contributed by atoms with E-state index >= 15 is 0 Å². The minimum Gasteiger partial charge on any atom is -0.384 e. The Hall–Kier alpha value is -2.07. The summed E-state index contributed by atoms with van der Waals surface area (Å²) in [6.45, 7) is 0. The van der Waals surface area contributed by atoms with Gasteiger partial charge in [-0.25, -0.2) is 4.98 Å². The van der Waals surface area contributed by atoms with Crippen molar-refractivity contribution in [1.29, 1.82) is 0 Å². The maximum Gasteiger partial charge on any atom is 0.222 e. The van der Waals surface area contributed by atoms with Crippen LogP contribution in [0.4, 0.5) is 11.8 Å². The normalized spacial score (nSPS) is 10.9. The first kappa shape index (κ1) is 11.4. The van der Waals surface area contributed by atoms with Crippen LogP contribution in [0, 0.1) is 0 Å².